The van der Waals surface area contributed by atoms with Crippen LogP contribution in [0.15, 0.2) is 48.5 Å². The van der Waals surface area contributed by atoms with Crippen molar-refractivity contribution < 1.29 is 23.7 Å². The zero-order chi connectivity index (χ0) is 21.3. The second kappa shape index (κ2) is 8.74. The van der Waals surface area contributed by atoms with Gasteiger partial charge in [-0.25, -0.2) is 0 Å². The van der Waals surface area contributed by atoms with Gasteiger partial charge in [-0.15, -0.1) is 0 Å². The van der Waals surface area contributed by atoms with Gasteiger partial charge in [0.2, 0.25) is 6.79 Å². The Kier molecular flexibility index (Phi) is 6.24. The maximum absolute atomic E-state index is 14.4. The number of rotatable bonds is 6. The van der Waals surface area contributed by atoms with Crippen LogP contribution in [-0.4, -0.2) is 18.0 Å². The first kappa shape index (κ1) is 21.4. The minimum atomic E-state index is -3.62. The molecule has 30 heavy (non-hydrogen) atoms. The molecular formula is C24H31O5P. The number of aliphatic hydroxyl groups is 1. The maximum Gasteiger partial charge on any atom is 0.264 e. The molecule has 1 N–H and O–H groups in total. The number of fused-ring (bicyclic) bond motifs is 1. The van der Waals surface area contributed by atoms with E-state index in [1.165, 1.54) is 0 Å². The van der Waals surface area contributed by atoms with Crippen LogP contribution in [0.5, 0.6) is 11.5 Å². The van der Waals surface area contributed by atoms with E-state index in [0.717, 1.165) is 19.3 Å². The highest BCUT2D eigenvalue weighted by molar-refractivity contribution is 7.67. The Hall–Kier alpha value is -1.81. The molecule has 0 spiro atoms. The fourth-order valence-electron chi connectivity index (χ4n) is 4.60. The summed E-state index contributed by atoms with van der Waals surface area (Å²) in [7, 11) is -3.62. The summed E-state index contributed by atoms with van der Waals surface area (Å²) in [4.78, 5) is 0. The first-order chi connectivity index (χ1) is 14.4. The van der Waals surface area contributed by atoms with E-state index in [4.69, 9.17) is 14.0 Å². The number of ether oxygens (including phenoxy) is 2. The molecule has 2 aromatic rings. The van der Waals surface area contributed by atoms with Gasteiger partial charge in [-0.1, -0.05) is 51.5 Å². The standard InChI is InChI=1S/C24H31O5P/c1-16(2)20-11-9-17(3)13-22(20)29-30(26,19-7-5-4-6-8-19)24(25)18-10-12-21-23(14-18)28-15-27-21/h4-8,10,12,14,16-17,20,22,24-25H,9,11,13,15H2,1-3H3/t17-,20-,22-,24-,30-/m1/s1. The van der Waals surface area contributed by atoms with Crippen LogP contribution in [0.2, 0.25) is 0 Å². The summed E-state index contributed by atoms with van der Waals surface area (Å²) in [5, 5.41) is 11.9. The molecular weight excluding hydrogens is 399 g/mol. The summed E-state index contributed by atoms with van der Waals surface area (Å²) < 4.78 is 31.7. The van der Waals surface area contributed by atoms with Crippen molar-refractivity contribution >= 4 is 12.7 Å². The van der Waals surface area contributed by atoms with Crippen LogP contribution >= 0.6 is 7.37 Å². The fraction of sp³-hybridized carbons (Fsp3) is 0.500. The smallest absolute Gasteiger partial charge is 0.264 e. The highest BCUT2D eigenvalue weighted by Crippen LogP contribution is 2.60. The normalized spacial score (nSPS) is 26.4. The molecule has 1 fully saturated rings. The monoisotopic (exact) mass is 430 g/mol. The summed E-state index contributed by atoms with van der Waals surface area (Å²) in [6.45, 7) is 6.75. The molecule has 2 aromatic carbocycles. The van der Waals surface area contributed by atoms with E-state index in [-0.39, 0.29) is 12.9 Å². The number of hydrogen-bond donors (Lipinski definition) is 1. The summed E-state index contributed by atoms with van der Waals surface area (Å²) in [6.07, 6.45) is 2.91. The third kappa shape index (κ3) is 4.16. The molecule has 0 aromatic heterocycles. The molecule has 5 atom stereocenters. The third-order valence-electron chi connectivity index (χ3n) is 6.39. The Morgan fingerprint density at radius 1 is 1.07 bits per heavy atom. The van der Waals surface area contributed by atoms with E-state index in [1.54, 1.807) is 30.3 Å². The SMILES string of the molecule is CC(C)[C@H]1CC[C@@H](C)C[C@H]1O[P@](=O)(c1ccccc1)[C@@H](O)c1ccc2c(c1)OCO2. The lowest BCUT2D eigenvalue weighted by Crippen LogP contribution is -2.35. The van der Waals surface area contributed by atoms with E-state index in [1.807, 2.05) is 18.2 Å². The number of benzene rings is 2. The summed E-state index contributed by atoms with van der Waals surface area (Å²) in [6, 6.07) is 14.3. The predicted molar refractivity (Wildman–Crippen MR) is 117 cm³/mol. The second-order valence-corrected chi connectivity index (χ2v) is 11.3. The summed E-state index contributed by atoms with van der Waals surface area (Å²) >= 11 is 0. The zero-order valence-electron chi connectivity index (χ0n) is 17.9. The Balaban J connectivity index is 1.71. The largest absolute Gasteiger partial charge is 0.454 e. The minimum Gasteiger partial charge on any atom is -0.454 e. The van der Waals surface area contributed by atoms with Gasteiger partial charge in [-0.05, 0) is 60.4 Å². The van der Waals surface area contributed by atoms with Gasteiger partial charge in [0.25, 0.3) is 7.37 Å². The molecule has 6 heteroatoms. The van der Waals surface area contributed by atoms with Crippen LogP contribution in [-0.2, 0) is 9.09 Å². The van der Waals surface area contributed by atoms with Crippen LogP contribution < -0.4 is 14.8 Å². The van der Waals surface area contributed by atoms with Crippen molar-refractivity contribution in [1.29, 1.82) is 0 Å². The summed E-state index contributed by atoms with van der Waals surface area (Å²) in [5.74, 6) is 1.16. The second-order valence-electron chi connectivity index (χ2n) is 8.89. The molecule has 4 rings (SSSR count). The van der Waals surface area contributed by atoms with Gasteiger partial charge < -0.3 is 19.1 Å². The summed E-state index contributed by atoms with van der Waals surface area (Å²) in [5.41, 5.74) is 0.511. The highest BCUT2D eigenvalue weighted by Gasteiger charge is 2.43. The van der Waals surface area contributed by atoms with E-state index >= 15 is 0 Å². The average Bonchev–Trinajstić information content (AvgIpc) is 3.21. The fourth-order valence-corrected chi connectivity index (χ4v) is 6.91. The third-order valence-corrected chi connectivity index (χ3v) is 8.93. The van der Waals surface area contributed by atoms with E-state index in [2.05, 4.69) is 20.8 Å². The van der Waals surface area contributed by atoms with Crippen LogP contribution in [0.25, 0.3) is 0 Å². The van der Waals surface area contributed by atoms with E-state index in [9.17, 15) is 9.67 Å². The zero-order valence-corrected chi connectivity index (χ0v) is 18.8. The first-order valence-electron chi connectivity index (χ1n) is 10.8. The molecule has 0 unspecified atom stereocenters. The Morgan fingerprint density at radius 2 is 1.80 bits per heavy atom. The quantitative estimate of drug-likeness (QED) is 0.614. The van der Waals surface area contributed by atoms with Crippen molar-refractivity contribution in [1.82, 2.24) is 0 Å². The van der Waals surface area contributed by atoms with Gasteiger partial charge in [0.1, 0.15) is 0 Å². The van der Waals surface area contributed by atoms with Crippen LogP contribution in [0.4, 0.5) is 0 Å². The lowest BCUT2D eigenvalue weighted by molar-refractivity contribution is 0.0427. The van der Waals surface area contributed by atoms with Crippen LogP contribution in [0.1, 0.15) is 51.4 Å². The van der Waals surface area contributed by atoms with Crippen LogP contribution in [0, 0.1) is 17.8 Å². The van der Waals surface area contributed by atoms with Gasteiger partial charge in [-0.3, -0.25) is 4.57 Å². The van der Waals surface area contributed by atoms with Gasteiger partial charge in [0, 0.05) is 5.30 Å². The Labute approximate surface area is 178 Å². The van der Waals surface area contributed by atoms with Crippen molar-refractivity contribution in [2.75, 3.05) is 6.79 Å². The molecule has 0 bridgehead atoms. The van der Waals surface area contributed by atoms with Crippen molar-refractivity contribution in [2.24, 2.45) is 17.8 Å². The predicted octanol–water partition coefficient (Wildman–Crippen LogP) is 5.49. The van der Waals surface area contributed by atoms with Gasteiger partial charge in [-0.2, -0.15) is 0 Å². The van der Waals surface area contributed by atoms with E-state index in [0.29, 0.717) is 40.1 Å². The molecule has 1 aliphatic carbocycles. The van der Waals surface area contributed by atoms with Gasteiger partial charge in [0.05, 0.1) is 6.10 Å². The van der Waals surface area contributed by atoms with Gasteiger partial charge in [0.15, 0.2) is 17.3 Å². The van der Waals surface area contributed by atoms with Crippen LogP contribution in [0.3, 0.4) is 0 Å². The molecule has 162 valence electrons. The van der Waals surface area contributed by atoms with E-state index < -0.39 is 13.2 Å². The molecule has 2 aliphatic rings. The molecule has 5 nitrogen and oxygen atoms in total. The van der Waals surface area contributed by atoms with Crippen molar-refractivity contribution in [3.05, 3.63) is 54.1 Å². The average molecular weight is 430 g/mol. The lowest BCUT2D eigenvalue weighted by atomic mass is 9.75. The number of hydrogen-bond acceptors (Lipinski definition) is 5. The highest BCUT2D eigenvalue weighted by atomic mass is 31.2. The van der Waals surface area contributed by atoms with Crippen molar-refractivity contribution in [3.63, 3.8) is 0 Å². The molecule has 0 amide bonds. The Morgan fingerprint density at radius 3 is 2.53 bits per heavy atom. The first-order valence-corrected chi connectivity index (χ1v) is 12.5. The lowest BCUT2D eigenvalue weighted by Gasteiger charge is -2.39. The van der Waals surface area contributed by atoms with Crippen molar-refractivity contribution in [2.45, 2.75) is 52.0 Å². The molecule has 1 aliphatic heterocycles. The maximum atomic E-state index is 14.4. The number of aliphatic hydroxyl groups excluding tert-OH is 1. The molecule has 1 saturated carbocycles. The van der Waals surface area contributed by atoms with Crippen molar-refractivity contribution in [3.8, 4) is 11.5 Å². The minimum absolute atomic E-state index is 0.150. The molecule has 0 saturated heterocycles. The Bertz CT molecular complexity index is 913. The topological polar surface area (TPSA) is 65.0 Å². The molecule has 0 radical (unpaired) electrons. The van der Waals surface area contributed by atoms with Gasteiger partial charge >= 0.3 is 0 Å². The molecule has 1 heterocycles.